The van der Waals surface area contributed by atoms with Crippen LogP contribution in [0.2, 0.25) is 13.3 Å². The topological polar surface area (TPSA) is 25.4 Å². The zero-order chi connectivity index (χ0) is 20.6. The summed E-state index contributed by atoms with van der Waals surface area (Å²) >= 11 is -2.73. The van der Waals surface area contributed by atoms with Gasteiger partial charge >= 0.3 is 177 Å². The molecule has 0 amide bonds. The van der Waals surface area contributed by atoms with Gasteiger partial charge in [0.2, 0.25) is 0 Å². The number of halogens is 1. The first-order chi connectivity index (χ1) is 13.4. The molecular weight excluding hydrogens is 458 g/mol. The van der Waals surface area contributed by atoms with Crippen LogP contribution in [0.25, 0.3) is 0 Å². The van der Waals surface area contributed by atoms with E-state index in [0.29, 0.717) is 0 Å². The van der Waals surface area contributed by atoms with Crippen LogP contribution in [0.3, 0.4) is 0 Å². The number of ether oxygens (including phenoxy) is 1. The molecule has 160 valence electrons. The Hall–Kier alpha value is -0.361. The molecule has 0 radical (unpaired) electrons. The standard InChI is InChI=1S/C11H14FN2O.3C4H9.Sn/c1-8-6-14(7-9(2)15-8)11-5-10(12)3-4-13-11;3*1-3-4-2;/h3,5,8-9H,6-7H2,1-2H3;3*1,3-4H2,2H3;/t8-,9+;;;;. The summed E-state index contributed by atoms with van der Waals surface area (Å²) in [6.45, 7) is 12.6. The first-order valence-corrected chi connectivity index (χ1v) is 19.0. The Morgan fingerprint density at radius 1 is 0.964 bits per heavy atom. The molecule has 1 aromatic rings. The van der Waals surface area contributed by atoms with Crippen LogP contribution in [0.15, 0.2) is 12.1 Å². The molecule has 2 atom stereocenters. The van der Waals surface area contributed by atoms with Crippen molar-refractivity contribution >= 4 is 27.9 Å². The van der Waals surface area contributed by atoms with Crippen molar-refractivity contribution in [1.29, 1.82) is 0 Å². The van der Waals surface area contributed by atoms with Gasteiger partial charge in [0.25, 0.3) is 0 Å². The van der Waals surface area contributed by atoms with Crippen LogP contribution in [0.4, 0.5) is 10.2 Å². The van der Waals surface area contributed by atoms with Gasteiger partial charge in [0, 0.05) is 0 Å². The summed E-state index contributed by atoms with van der Waals surface area (Å²) < 4.78 is 25.8. The first kappa shape index (κ1) is 23.9. The second-order valence-electron chi connectivity index (χ2n) is 8.78. The van der Waals surface area contributed by atoms with Gasteiger partial charge in [-0.05, 0) is 0 Å². The van der Waals surface area contributed by atoms with Crippen molar-refractivity contribution < 1.29 is 9.13 Å². The van der Waals surface area contributed by atoms with Crippen LogP contribution < -0.4 is 8.61 Å². The molecule has 1 saturated heterocycles. The average Bonchev–Trinajstić information content (AvgIpc) is 2.66. The van der Waals surface area contributed by atoms with Crippen molar-refractivity contribution in [2.45, 2.75) is 98.7 Å². The van der Waals surface area contributed by atoms with Crippen molar-refractivity contribution in [2.24, 2.45) is 0 Å². The minimum absolute atomic E-state index is 0.0997. The predicted molar refractivity (Wildman–Crippen MR) is 121 cm³/mol. The summed E-state index contributed by atoms with van der Waals surface area (Å²) in [7, 11) is 0. The monoisotopic (exact) mass is 500 g/mol. The third-order valence-electron chi connectivity index (χ3n) is 6.09. The Bertz CT molecular complexity index is 566. The number of hydrogen-bond donors (Lipinski definition) is 0. The van der Waals surface area contributed by atoms with E-state index in [9.17, 15) is 4.39 Å². The fourth-order valence-electron chi connectivity index (χ4n) is 4.59. The molecule has 1 aliphatic heterocycles. The number of unbranched alkanes of at least 4 members (excludes halogenated alkanes) is 3. The van der Waals surface area contributed by atoms with Gasteiger partial charge in [0.05, 0.1) is 0 Å². The average molecular weight is 499 g/mol. The maximum atomic E-state index is 14.8. The molecule has 3 nitrogen and oxygen atoms in total. The van der Waals surface area contributed by atoms with Crippen molar-refractivity contribution in [1.82, 2.24) is 4.98 Å². The van der Waals surface area contributed by atoms with Crippen LogP contribution in [-0.2, 0) is 4.74 Å². The maximum absolute atomic E-state index is 14.8. The Labute approximate surface area is 176 Å². The van der Waals surface area contributed by atoms with E-state index >= 15 is 0 Å². The summed E-state index contributed by atoms with van der Waals surface area (Å²) in [6, 6.07) is 3.46. The second kappa shape index (κ2) is 11.7. The van der Waals surface area contributed by atoms with Gasteiger partial charge in [-0.25, -0.2) is 0 Å². The Morgan fingerprint density at radius 2 is 1.46 bits per heavy atom. The summed E-state index contributed by atoms with van der Waals surface area (Å²) in [5.41, 5.74) is 0. The van der Waals surface area contributed by atoms with Crippen molar-refractivity contribution in [3.63, 3.8) is 0 Å². The van der Waals surface area contributed by atoms with Crippen molar-refractivity contribution in [3.05, 3.63) is 17.9 Å². The van der Waals surface area contributed by atoms with E-state index in [-0.39, 0.29) is 18.0 Å². The molecule has 2 heterocycles. The third kappa shape index (κ3) is 6.58. The molecule has 0 aliphatic carbocycles. The summed E-state index contributed by atoms with van der Waals surface area (Å²) in [6.07, 6.45) is 7.78. The molecule has 1 aliphatic rings. The van der Waals surface area contributed by atoms with E-state index in [4.69, 9.17) is 9.72 Å². The zero-order valence-electron chi connectivity index (χ0n) is 18.8. The van der Waals surface area contributed by atoms with E-state index < -0.39 is 18.4 Å². The molecule has 1 fully saturated rings. The number of pyridine rings is 1. The van der Waals surface area contributed by atoms with Gasteiger partial charge < -0.3 is 0 Å². The molecule has 1 aromatic heterocycles. The van der Waals surface area contributed by atoms with Crippen LogP contribution in [0, 0.1) is 5.82 Å². The van der Waals surface area contributed by atoms with Gasteiger partial charge in [-0.3, -0.25) is 0 Å². The quantitative estimate of drug-likeness (QED) is 0.355. The number of rotatable bonds is 11. The fourth-order valence-corrected chi connectivity index (χ4v) is 20.0. The normalized spacial score (nSPS) is 20.6. The molecular formula is C23H41FN2OSn. The SMILES string of the molecule is CCC[CH2][Sn]([CH2]CCC)([CH2]CCC)[c]1cc(F)cc(N2C[C@@H](C)O[C@@H](C)C2)n1. The minimum atomic E-state index is -2.73. The van der Waals surface area contributed by atoms with E-state index in [1.165, 1.54) is 55.5 Å². The predicted octanol–water partition coefficient (Wildman–Crippen LogP) is 5.89. The van der Waals surface area contributed by atoms with Gasteiger partial charge in [0.1, 0.15) is 0 Å². The van der Waals surface area contributed by atoms with Gasteiger partial charge in [-0.1, -0.05) is 0 Å². The van der Waals surface area contributed by atoms with Crippen LogP contribution in [0.1, 0.15) is 73.1 Å². The molecule has 0 saturated carbocycles. The summed E-state index contributed by atoms with van der Waals surface area (Å²) in [4.78, 5) is 7.42. The molecule has 0 bridgehead atoms. The molecule has 0 spiro atoms. The number of hydrogen-bond acceptors (Lipinski definition) is 3. The van der Waals surface area contributed by atoms with E-state index in [0.717, 1.165) is 18.9 Å². The molecule has 0 unspecified atom stereocenters. The van der Waals surface area contributed by atoms with Crippen molar-refractivity contribution in [2.75, 3.05) is 18.0 Å². The van der Waals surface area contributed by atoms with E-state index in [2.05, 4.69) is 39.5 Å². The molecule has 28 heavy (non-hydrogen) atoms. The Morgan fingerprint density at radius 3 is 1.93 bits per heavy atom. The number of nitrogens with zero attached hydrogens (tertiary/aromatic N) is 2. The number of anilines is 1. The third-order valence-corrected chi connectivity index (χ3v) is 21.1. The van der Waals surface area contributed by atoms with Crippen LogP contribution >= 0.6 is 0 Å². The second-order valence-corrected chi connectivity index (χ2v) is 21.8. The van der Waals surface area contributed by atoms with E-state index in [1.54, 1.807) is 6.07 Å². The van der Waals surface area contributed by atoms with Gasteiger partial charge in [0.15, 0.2) is 0 Å². The van der Waals surface area contributed by atoms with E-state index in [1.807, 2.05) is 6.07 Å². The summed E-state index contributed by atoms with van der Waals surface area (Å²) in [5, 5.41) is 0. The molecule has 0 N–H and O–H groups in total. The fraction of sp³-hybridized carbons (Fsp3) is 0.783. The Balaban J connectivity index is 2.41. The van der Waals surface area contributed by atoms with Crippen molar-refractivity contribution in [3.8, 4) is 0 Å². The zero-order valence-corrected chi connectivity index (χ0v) is 21.6. The van der Waals surface area contributed by atoms with Gasteiger partial charge in [-0.15, -0.1) is 0 Å². The van der Waals surface area contributed by atoms with Gasteiger partial charge in [-0.2, -0.15) is 0 Å². The van der Waals surface area contributed by atoms with Crippen LogP contribution in [-0.4, -0.2) is 48.7 Å². The number of aromatic nitrogens is 1. The number of morpholine rings is 1. The molecule has 2 rings (SSSR count). The van der Waals surface area contributed by atoms with Crippen LogP contribution in [0.5, 0.6) is 0 Å². The molecule has 0 aromatic carbocycles. The first-order valence-electron chi connectivity index (χ1n) is 11.5. The Kier molecular flexibility index (Phi) is 10.0. The molecule has 5 heteroatoms. The summed E-state index contributed by atoms with van der Waals surface area (Å²) in [5.74, 6) is 0.736.